The second-order valence-corrected chi connectivity index (χ2v) is 10.5. The lowest BCUT2D eigenvalue weighted by Crippen LogP contribution is -2.55. The van der Waals surface area contributed by atoms with Crippen LogP contribution in [0, 0.1) is 11.6 Å². The molecule has 1 aliphatic heterocycles. The Hall–Kier alpha value is -2.10. The number of pyridine rings is 1. The van der Waals surface area contributed by atoms with Gasteiger partial charge in [0, 0.05) is 42.5 Å². The van der Waals surface area contributed by atoms with Gasteiger partial charge < -0.3 is 5.32 Å². The third kappa shape index (κ3) is 4.94. The van der Waals surface area contributed by atoms with Crippen molar-refractivity contribution in [3.05, 3.63) is 64.4 Å². The molecule has 6 nitrogen and oxygen atoms in total. The van der Waals surface area contributed by atoms with E-state index in [9.17, 15) is 22.0 Å². The Bertz CT molecular complexity index is 1080. The largest absolute Gasteiger partial charge is 0.349 e. The van der Waals surface area contributed by atoms with Gasteiger partial charge in [0.25, 0.3) is 5.91 Å². The molecule has 1 fully saturated rings. The SMILES string of the molecule is CCCS(=O)(=O)N1CCC(c2ccccn2)([C@H](C)NC(=O)c2cc(F)cc(F)c2Cl)CC1. The van der Waals surface area contributed by atoms with E-state index >= 15 is 0 Å². The van der Waals surface area contributed by atoms with Crippen LogP contribution in [0.2, 0.25) is 5.02 Å². The lowest BCUT2D eigenvalue weighted by molar-refractivity contribution is 0.0892. The molecule has 0 unspecified atom stereocenters. The second-order valence-electron chi connectivity index (χ2n) is 8.03. The van der Waals surface area contributed by atoms with E-state index in [2.05, 4.69) is 10.3 Å². The Kier molecular flexibility index (Phi) is 7.52. The molecule has 1 aliphatic rings. The Morgan fingerprint density at radius 2 is 1.97 bits per heavy atom. The summed E-state index contributed by atoms with van der Waals surface area (Å²) >= 11 is 5.89. The Labute approximate surface area is 192 Å². The summed E-state index contributed by atoms with van der Waals surface area (Å²) in [4.78, 5) is 17.3. The molecule has 1 aromatic carbocycles. The first kappa shape index (κ1) is 24.5. The molecule has 0 bridgehead atoms. The third-order valence-corrected chi connectivity index (χ3v) is 8.52. The van der Waals surface area contributed by atoms with Crippen molar-refractivity contribution >= 4 is 27.5 Å². The summed E-state index contributed by atoms with van der Waals surface area (Å²) in [7, 11) is -3.35. The Balaban J connectivity index is 1.89. The summed E-state index contributed by atoms with van der Waals surface area (Å²) < 4.78 is 54.0. The minimum atomic E-state index is -3.35. The predicted octanol–water partition coefficient (Wildman–Crippen LogP) is 3.91. The van der Waals surface area contributed by atoms with Crippen molar-refractivity contribution in [2.75, 3.05) is 18.8 Å². The van der Waals surface area contributed by atoms with Crippen LogP contribution in [0.25, 0.3) is 0 Å². The van der Waals surface area contributed by atoms with Crippen molar-refractivity contribution in [2.45, 2.75) is 44.6 Å². The van der Waals surface area contributed by atoms with Crippen LogP contribution in [-0.2, 0) is 15.4 Å². The molecule has 0 spiro atoms. The van der Waals surface area contributed by atoms with Crippen molar-refractivity contribution in [3.63, 3.8) is 0 Å². The first-order chi connectivity index (χ1) is 15.1. The van der Waals surface area contributed by atoms with Gasteiger partial charge in [-0.1, -0.05) is 24.6 Å². The summed E-state index contributed by atoms with van der Waals surface area (Å²) in [6.45, 7) is 4.17. The van der Waals surface area contributed by atoms with Gasteiger partial charge in [-0.15, -0.1) is 0 Å². The van der Waals surface area contributed by atoms with Crippen LogP contribution in [0.15, 0.2) is 36.5 Å². The van der Waals surface area contributed by atoms with E-state index in [0.717, 1.165) is 11.8 Å². The number of carbonyl (C=O) groups is 1. The second kappa shape index (κ2) is 9.80. The van der Waals surface area contributed by atoms with Gasteiger partial charge in [0.05, 0.1) is 16.3 Å². The number of amides is 1. The van der Waals surface area contributed by atoms with E-state index in [-0.39, 0.29) is 24.4 Å². The van der Waals surface area contributed by atoms with Crippen molar-refractivity contribution < 1.29 is 22.0 Å². The van der Waals surface area contributed by atoms with Gasteiger partial charge in [-0.25, -0.2) is 21.5 Å². The summed E-state index contributed by atoms with van der Waals surface area (Å²) in [5.41, 5.74) is -0.236. The van der Waals surface area contributed by atoms with E-state index in [1.54, 1.807) is 19.2 Å². The Morgan fingerprint density at radius 3 is 2.56 bits per heavy atom. The lowest BCUT2D eigenvalue weighted by Gasteiger charge is -2.45. The maximum Gasteiger partial charge on any atom is 0.253 e. The maximum absolute atomic E-state index is 13.8. The van der Waals surface area contributed by atoms with Crippen molar-refractivity contribution in [1.29, 1.82) is 0 Å². The van der Waals surface area contributed by atoms with Crippen LogP contribution in [-0.4, -0.2) is 48.5 Å². The van der Waals surface area contributed by atoms with Crippen molar-refractivity contribution in [3.8, 4) is 0 Å². The fourth-order valence-corrected chi connectivity index (χ4v) is 5.96. The molecule has 1 saturated heterocycles. The zero-order valence-corrected chi connectivity index (χ0v) is 19.5. The van der Waals surface area contributed by atoms with Gasteiger partial charge in [0.15, 0.2) is 0 Å². The molecule has 32 heavy (non-hydrogen) atoms. The highest BCUT2D eigenvalue weighted by Crippen LogP contribution is 2.38. The third-order valence-electron chi connectivity index (χ3n) is 6.06. The highest BCUT2D eigenvalue weighted by Gasteiger charge is 2.44. The number of benzene rings is 1. The van der Waals surface area contributed by atoms with E-state index in [0.29, 0.717) is 25.3 Å². The zero-order valence-electron chi connectivity index (χ0n) is 17.9. The molecule has 174 valence electrons. The van der Waals surface area contributed by atoms with E-state index in [1.165, 1.54) is 4.31 Å². The van der Waals surface area contributed by atoms with Crippen LogP contribution in [0.5, 0.6) is 0 Å². The first-order valence-electron chi connectivity index (χ1n) is 10.5. The standard InChI is InChI=1S/C22H26ClF2N3O3S/c1-3-12-32(30,31)28-10-7-22(8-11-28,19-6-4-5-9-26-19)15(2)27-21(29)17-13-16(24)14-18(25)20(17)23/h4-6,9,13-15H,3,7-8,10-12H2,1-2H3,(H,27,29)/t15-/m0/s1. The zero-order chi connectivity index (χ0) is 23.5. The minimum Gasteiger partial charge on any atom is -0.349 e. The number of rotatable bonds is 7. The van der Waals surface area contributed by atoms with Crippen molar-refractivity contribution in [2.24, 2.45) is 0 Å². The number of hydrogen-bond acceptors (Lipinski definition) is 4. The summed E-state index contributed by atoms with van der Waals surface area (Å²) in [6.07, 6.45) is 3.03. The van der Waals surface area contributed by atoms with E-state index < -0.39 is 44.0 Å². The van der Waals surface area contributed by atoms with Gasteiger partial charge in [-0.3, -0.25) is 9.78 Å². The molecular formula is C22H26ClF2N3O3S. The molecule has 3 rings (SSSR count). The molecule has 1 aromatic heterocycles. The molecule has 0 aliphatic carbocycles. The van der Waals surface area contributed by atoms with Crippen LogP contribution in [0.3, 0.4) is 0 Å². The monoisotopic (exact) mass is 485 g/mol. The number of nitrogens with zero attached hydrogens (tertiary/aromatic N) is 2. The number of piperidine rings is 1. The van der Waals surface area contributed by atoms with E-state index in [4.69, 9.17) is 11.6 Å². The quantitative estimate of drug-likeness (QED) is 0.603. The molecule has 1 atom stereocenters. The molecule has 2 heterocycles. The van der Waals surface area contributed by atoms with Gasteiger partial charge in [0.2, 0.25) is 10.0 Å². The fraction of sp³-hybridized carbons (Fsp3) is 0.455. The number of aromatic nitrogens is 1. The normalized spacial score (nSPS) is 17.7. The van der Waals surface area contributed by atoms with Crippen LogP contribution in [0.1, 0.15) is 49.2 Å². The molecule has 2 aromatic rings. The Morgan fingerprint density at radius 1 is 1.28 bits per heavy atom. The number of hydrogen-bond donors (Lipinski definition) is 1. The average molecular weight is 486 g/mol. The lowest BCUT2D eigenvalue weighted by atomic mass is 9.70. The summed E-state index contributed by atoms with van der Waals surface area (Å²) in [5.74, 6) is -2.55. The van der Waals surface area contributed by atoms with Gasteiger partial charge in [-0.2, -0.15) is 0 Å². The minimum absolute atomic E-state index is 0.0828. The van der Waals surface area contributed by atoms with Crippen LogP contribution < -0.4 is 5.32 Å². The van der Waals surface area contributed by atoms with Crippen LogP contribution >= 0.6 is 11.6 Å². The smallest absolute Gasteiger partial charge is 0.253 e. The average Bonchev–Trinajstić information content (AvgIpc) is 2.76. The molecule has 10 heteroatoms. The molecule has 0 saturated carbocycles. The molecule has 1 amide bonds. The topological polar surface area (TPSA) is 79.4 Å². The number of carbonyl (C=O) groups excluding carboxylic acids is 1. The molecule has 1 N–H and O–H groups in total. The van der Waals surface area contributed by atoms with E-state index in [1.807, 2.05) is 19.1 Å². The highest BCUT2D eigenvalue weighted by molar-refractivity contribution is 7.89. The predicted molar refractivity (Wildman–Crippen MR) is 119 cm³/mol. The maximum atomic E-state index is 13.8. The van der Waals surface area contributed by atoms with Gasteiger partial charge >= 0.3 is 0 Å². The van der Waals surface area contributed by atoms with Crippen molar-refractivity contribution in [1.82, 2.24) is 14.6 Å². The summed E-state index contributed by atoms with van der Waals surface area (Å²) in [6, 6.07) is 6.44. The molecule has 0 radical (unpaired) electrons. The van der Waals surface area contributed by atoms with Gasteiger partial charge in [-0.05, 0) is 44.4 Å². The number of nitrogens with one attached hydrogen (secondary N) is 1. The number of sulfonamides is 1. The number of halogens is 3. The van der Waals surface area contributed by atoms with Crippen LogP contribution in [0.4, 0.5) is 8.78 Å². The highest BCUT2D eigenvalue weighted by atomic mass is 35.5. The molecular weight excluding hydrogens is 460 g/mol. The summed E-state index contributed by atoms with van der Waals surface area (Å²) in [5, 5.41) is 2.36. The fourth-order valence-electron chi connectivity index (χ4n) is 4.25. The van der Waals surface area contributed by atoms with Gasteiger partial charge in [0.1, 0.15) is 11.6 Å². The first-order valence-corrected chi connectivity index (χ1v) is 12.4.